The van der Waals surface area contributed by atoms with E-state index < -0.39 is 76.1 Å². The molecule has 0 radical (unpaired) electrons. The number of carbonyl (C=O) groups is 2. The van der Waals surface area contributed by atoms with Crippen molar-refractivity contribution < 1.29 is 52.6 Å². The number of sulfonamides is 4. The minimum absolute atomic E-state index is 0.0108. The first-order valence-corrected chi connectivity index (χ1v) is 28.5. The lowest BCUT2D eigenvalue weighted by Crippen LogP contribution is -2.41. The fraction of sp³-hybridized carbons (Fsp3) is 0.318. The van der Waals surface area contributed by atoms with Crippen molar-refractivity contribution in [3.05, 3.63) is 102 Å². The summed E-state index contributed by atoms with van der Waals surface area (Å²) in [6, 6.07) is 22.5. The second-order valence-corrected chi connectivity index (χ2v) is 24.6. The maximum absolute atomic E-state index is 13.6. The van der Waals surface area contributed by atoms with Gasteiger partial charge in [0.05, 0.1) is 58.4 Å². The van der Waals surface area contributed by atoms with E-state index in [9.17, 15) is 43.3 Å². The van der Waals surface area contributed by atoms with E-state index in [0.717, 1.165) is 18.8 Å². The van der Waals surface area contributed by atoms with E-state index in [1.165, 1.54) is 42.6 Å². The van der Waals surface area contributed by atoms with Crippen molar-refractivity contribution in [3.63, 3.8) is 0 Å². The lowest BCUT2D eigenvalue weighted by atomic mass is 9.76. The first-order chi connectivity index (χ1) is 31.9. The molecule has 1 fully saturated rings. The second-order valence-electron chi connectivity index (χ2n) is 17.6. The molecule has 0 atom stereocenters. The van der Waals surface area contributed by atoms with Gasteiger partial charge in [-0.15, -0.1) is 0 Å². The van der Waals surface area contributed by atoms with Crippen molar-refractivity contribution in [1.82, 2.24) is 15.5 Å². The van der Waals surface area contributed by atoms with Gasteiger partial charge in [0.25, 0.3) is 10.0 Å². The van der Waals surface area contributed by atoms with Crippen LogP contribution in [0.1, 0.15) is 51.7 Å². The minimum Gasteiger partial charge on any atom is -0.399 e. The van der Waals surface area contributed by atoms with Gasteiger partial charge in [0.15, 0.2) is 0 Å². The number of rotatable bonds is 20. The van der Waals surface area contributed by atoms with Crippen LogP contribution in [-0.4, -0.2) is 98.6 Å². The van der Waals surface area contributed by atoms with Crippen molar-refractivity contribution in [3.8, 4) is 33.5 Å². The Balaban J connectivity index is 1.27. The van der Waals surface area contributed by atoms with Crippen LogP contribution < -0.4 is 35.4 Å². The Morgan fingerprint density at radius 1 is 0.609 bits per heavy atom. The van der Waals surface area contributed by atoms with Crippen LogP contribution in [0.15, 0.2) is 91.1 Å². The van der Waals surface area contributed by atoms with E-state index in [4.69, 9.17) is 15.0 Å². The molecule has 69 heavy (non-hydrogen) atoms. The van der Waals surface area contributed by atoms with Crippen molar-refractivity contribution in [2.24, 2.45) is 5.73 Å². The van der Waals surface area contributed by atoms with Gasteiger partial charge in [0.2, 0.25) is 41.9 Å². The average molecular weight is 1030 g/mol. The molecule has 1 aromatic heterocycles. The van der Waals surface area contributed by atoms with Gasteiger partial charge < -0.3 is 20.4 Å². The number of aryl methyl sites for hydroxylation is 2. The predicted molar refractivity (Wildman–Crippen MR) is 267 cm³/mol. The molecule has 2 amide bonds. The minimum atomic E-state index is -4.36. The summed E-state index contributed by atoms with van der Waals surface area (Å²) in [5, 5.41) is 10.5. The predicted octanol–water partition coefficient (Wildman–Crippen LogP) is 3.76. The SMILES string of the molecule is CC1(C)OB(c2ccc(-c3cc(NS(C)(=O)=O)cc(NS(C)(=O)=O)c3)c(CCC(=O)NCS(=O)(=O)Nc3cc(NS(C)(=O)=O)cc(-c4ccc(-c5cccnn5)cc4CCC(N)=O)c3)c2)OC1(C)C. The highest BCUT2D eigenvalue weighted by molar-refractivity contribution is 7.93. The molecule has 368 valence electrons. The van der Waals surface area contributed by atoms with Gasteiger partial charge in [-0.2, -0.15) is 10.2 Å². The molecule has 0 spiro atoms. The summed E-state index contributed by atoms with van der Waals surface area (Å²) < 4.78 is 123. The topological polar surface area (TPSA) is 301 Å². The van der Waals surface area contributed by atoms with Gasteiger partial charge in [-0.05, 0) is 134 Å². The zero-order chi connectivity index (χ0) is 50.7. The van der Waals surface area contributed by atoms with E-state index in [0.29, 0.717) is 50.1 Å². The standard InChI is InChI=1S/C44H53BN8O12S4/c1-43(2)44(3,4)65-45(64-43)33-13-15-39(31-21-34(50-66(5,56)57)25-35(22-31)51-67(6,58)59)29(20-33)12-17-42(55)47-27-69(62,63)53-37-24-32(23-36(26-37)52-68(7,60)61)38-14-10-30(40-9-8-18-48-49-40)19-28(38)11-16-41(46)54/h8-10,13-15,18-26,50-53H,11-12,16-17,27H2,1-7H3,(H2,46,54)(H,47,55). The highest BCUT2D eigenvalue weighted by Crippen LogP contribution is 2.38. The summed E-state index contributed by atoms with van der Waals surface area (Å²) >= 11 is 0. The monoisotopic (exact) mass is 1020 g/mol. The Bertz CT molecular complexity index is 3180. The Morgan fingerprint density at radius 3 is 1.57 bits per heavy atom. The Hall–Kier alpha value is -6.12. The Kier molecular flexibility index (Phi) is 15.2. The molecule has 0 saturated carbocycles. The van der Waals surface area contributed by atoms with Crippen LogP contribution in [0.2, 0.25) is 0 Å². The normalized spacial score (nSPS) is 14.7. The molecule has 2 heterocycles. The summed E-state index contributed by atoms with van der Waals surface area (Å²) in [7, 11) is -16.6. The van der Waals surface area contributed by atoms with E-state index in [2.05, 4.69) is 34.4 Å². The van der Waals surface area contributed by atoms with E-state index in [1.54, 1.807) is 48.5 Å². The van der Waals surface area contributed by atoms with Crippen LogP contribution in [0.4, 0.5) is 22.7 Å². The molecule has 6 rings (SSSR count). The molecule has 1 aliphatic heterocycles. The molecular formula is C44H53BN8O12S4. The maximum atomic E-state index is 13.6. The number of hydrogen-bond donors (Lipinski definition) is 6. The van der Waals surface area contributed by atoms with Crippen LogP contribution in [0.25, 0.3) is 33.5 Å². The van der Waals surface area contributed by atoms with Crippen molar-refractivity contribution in [2.75, 3.05) is 43.5 Å². The highest BCUT2D eigenvalue weighted by Gasteiger charge is 2.51. The first kappa shape index (κ1) is 52.3. The Labute approximate surface area is 402 Å². The summed E-state index contributed by atoms with van der Waals surface area (Å²) in [5.74, 6) is -2.12. The number of anilines is 4. The number of amides is 2. The van der Waals surface area contributed by atoms with Gasteiger partial charge in [-0.25, -0.2) is 33.7 Å². The first-order valence-electron chi connectivity index (χ1n) is 21.1. The maximum Gasteiger partial charge on any atom is 0.494 e. The third-order valence-corrected chi connectivity index (χ3v) is 13.9. The van der Waals surface area contributed by atoms with Crippen molar-refractivity contribution in [2.45, 2.75) is 64.6 Å². The lowest BCUT2D eigenvalue weighted by Gasteiger charge is -2.32. The molecule has 20 nitrogen and oxygen atoms in total. The third kappa shape index (κ3) is 14.7. The van der Waals surface area contributed by atoms with Crippen molar-refractivity contribution in [1.29, 1.82) is 0 Å². The number of nitrogens with zero attached hydrogens (tertiary/aromatic N) is 2. The third-order valence-electron chi connectivity index (χ3n) is 11.0. The Morgan fingerprint density at radius 2 is 1.09 bits per heavy atom. The number of benzene rings is 4. The zero-order valence-electron chi connectivity index (χ0n) is 38.8. The molecule has 4 aromatic carbocycles. The molecule has 1 aliphatic rings. The van der Waals surface area contributed by atoms with Crippen LogP contribution >= 0.6 is 0 Å². The van der Waals surface area contributed by atoms with Crippen LogP contribution in [0, 0.1) is 0 Å². The summed E-state index contributed by atoms with van der Waals surface area (Å²) in [4.78, 5) is 25.4. The van der Waals surface area contributed by atoms with Crippen LogP contribution in [0.5, 0.6) is 0 Å². The largest absolute Gasteiger partial charge is 0.494 e. The fourth-order valence-electron chi connectivity index (χ4n) is 7.35. The van der Waals surface area contributed by atoms with Gasteiger partial charge in [0.1, 0.15) is 5.88 Å². The zero-order valence-corrected chi connectivity index (χ0v) is 42.0. The lowest BCUT2D eigenvalue weighted by molar-refractivity contribution is -0.120. The molecule has 5 aromatic rings. The molecule has 1 saturated heterocycles. The summed E-state index contributed by atoms with van der Waals surface area (Å²) in [6.45, 7) is 7.56. The number of nitrogens with one attached hydrogen (secondary N) is 5. The molecule has 0 bridgehead atoms. The summed E-state index contributed by atoms with van der Waals surface area (Å²) in [5.41, 5.74) is 8.96. The number of aromatic nitrogens is 2. The number of nitrogens with two attached hydrogens (primary N) is 1. The smallest absolute Gasteiger partial charge is 0.399 e. The number of primary amides is 1. The van der Waals surface area contributed by atoms with Gasteiger partial charge >= 0.3 is 7.12 Å². The van der Waals surface area contributed by atoms with Crippen LogP contribution in [0.3, 0.4) is 0 Å². The molecule has 0 aliphatic carbocycles. The van der Waals surface area contributed by atoms with E-state index in [1.807, 2.05) is 27.7 Å². The molecule has 7 N–H and O–H groups in total. The molecule has 25 heteroatoms. The molecule has 0 unspecified atom stereocenters. The number of hydrogen-bond acceptors (Lipinski definition) is 14. The molecular weight excluding hydrogens is 972 g/mol. The van der Waals surface area contributed by atoms with E-state index in [-0.39, 0.29) is 48.4 Å². The van der Waals surface area contributed by atoms with Crippen LogP contribution in [-0.2, 0) is 71.8 Å². The average Bonchev–Trinajstić information content (AvgIpc) is 3.44. The van der Waals surface area contributed by atoms with Crippen molar-refractivity contribution >= 4 is 87.2 Å². The summed E-state index contributed by atoms with van der Waals surface area (Å²) in [6.07, 6.45) is 4.27. The van der Waals surface area contributed by atoms with Gasteiger partial charge in [-0.3, -0.25) is 28.5 Å². The quantitative estimate of drug-likeness (QED) is 0.0606. The van der Waals surface area contributed by atoms with Gasteiger partial charge in [-0.1, -0.05) is 30.3 Å². The fourth-order valence-corrected chi connectivity index (χ4v) is 9.89. The second kappa shape index (κ2) is 20.1. The van der Waals surface area contributed by atoms with Gasteiger partial charge in [0, 0.05) is 24.6 Å². The highest BCUT2D eigenvalue weighted by atomic mass is 32.2. The van der Waals surface area contributed by atoms with E-state index >= 15 is 0 Å². The number of carbonyl (C=O) groups excluding carboxylic acids is 2.